The number of rotatable bonds is 1. The van der Waals surface area contributed by atoms with Gasteiger partial charge in [0.1, 0.15) is 11.3 Å². The molecule has 4 heteroatoms. The minimum Gasteiger partial charge on any atom is -0.293 e. The number of nitrogens with zero attached hydrogens (tertiary/aromatic N) is 2. The molecule has 84 valence electrons. The highest BCUT2D eigenvalue weighted by atomic mass is 79.9. The molecule has 2 aromatic heterocycles. The molecular weight excluding hydrogens is 280 g/mol. The van der Waals surface area contributed by atoms with E-state index in [9.17, 15) is 4.79 Å². The first kappa shape index (κ1) is 10.5. The first-order chi connectivity index (χ1) is 8.16. The van der Waals surface area contributed by atoms with Crippen LogP contribution in [0.2, 0.25) is 0 Å². The van der Waals surface area contributed by atoms with Gasteiger partial charge in [0.2, 0.25) is 0 Å². The second-order valence-electron chi connectivity index (χ2n) is 3.93. The van der Waals surface area contributed by atoms with E-state index in [2.05, 4.69) is 20.9 Å². The lowest BCUT2D eigenvalue weighted by atomic mass is 10.2. The van der Waals surface area contributed by atoms with Crippen molar-refractivity contribution in [1.82, 2.24) is 9.38 Å². The van der Waals surface area contributed by atoms with Crippen molar-refractivity contribution in [2.24, 2.45) is 0 Å². The van der Waals surface area contributed by atoms with Gasteiger partial charge in [-0.15, -0.1) is 0 Å². The highest BCUT2D eigenvalue weighted by molar-refractivity contribution is 9.10. The van der Waals surface area contributed by atoms with Crippen LogP contribution in [0.4, 0.5) is 0 Å². The summed E-state index contributed by atoms with van der Waals surface area (Å²) in [6, 6.07) is 9.90. The Hall–Kier alpha value is -1.68. The molecular formula is C13H9BrN2O. The molecule has 0 radical (unpaired) electrons. The monoisotopic (exact) mass is 288 g/mol. The van der Waals surface area contributed by atoms with Crippen LogP contribution in [-0.4, -0.2) is 15.2 Å². The molecule has 0 aliphatic carbocycles. The van der Waals surface area contributed by atoms with E-state index < -0.39 is 0 Å². The van der Waals surface area contributed by atoms with E-state index >= 15 is 0 Å². The number of fused-ring (bicyclic) bond motifs is 3. The van der Waals surface area contributed by atoms with Gasteiger partial charge in [-0.3, -0.25) is 9.20 Å². The number of benzene rings is 1. The number of aromatic nitrogens is 2. The second-order valence-corrected chi connectivity index (χ2v) is 4.85. The molecule has 2 heterocycles. The lowest BCUT2D eigenvalue weighted by Crippen LogP contribution is -1.99. The molecule has 0 fully saturated rings. The Bertz CT molecular complexity index is 746. The van der Waals surface area contributed by atoms with Gasteiger partial charge in [-0.05, 0) is 35.7 Å². The van der Waals surface area contributed by atoms with Crippen molar-refractivity contribution in [3.63, 3.8) is 0 Å². The zero-order chi connectivity index (χ0) is 12.0. The summed E-state index contributed by atoms with van der Waals surface area (Å²) in [5.41, 5.74) is 2.41. The molecule has 0 saturated heterocycles. The van der Waals surface area contributed by atoms with E-state index in [0.717, 1.165) is 21.0 Å². The number of hydrogen-bond donors (Lipinski definition) is 0. The lowest BCUT2D eigenvalue weighted by Gasteiger charge is -2.04. The molecule has 0 atom stereocenters. The summed E-state index contributed by atoms with van der Waals surface area (Å²) >= 11 is 3.44. The van der Waals surface area contributed by atoms with Gasteiger partial charge in [0, 0.05) is 11.4 Å². The standard InChI is InChI=1S/C13H9BrN2O/c1-8(17)12-7-15-13-5-2-9-6-10(14)3-4-11(9)16(12)13/h2-7H,1H3. The van der Waals surface area contributed by atoms with Crippen molar-refractivity contribution in [2.75, 3.05) is 0 Å². The third-order valence-corrected chi connectivity index (χ3v) is 3.29. The number of ketones is 1. The SMILES string of the molecule is CC(=O)c1cnc2ccc3cc(Br)ccc3n12. The number of imidazole rings is 1. The van der Waals surface area contributed by atoms with Crippen LogP contribution in [0.25, 0.3) is 16.6 Å². The largest absolute Gasteiger partial charge is 0.293 e. The number of carbonyl (C=O) groups is 1. The van der Waals surface area contributed by atoms with Crippen LogP contribution >= 0.6 is 15.9 Å². The number of Topliss-reactive ketones (excluding diaryl/α,β-unsaturated/α-hetero) is 1. The average molecular weight is 289 g/mol. The van der Waals surface area contributed by atoms with Crippen molar-refractivity contribution in [2.45, 2.75) is 6.92 Å². The van der Waals surface area contributed by atoms with Crippen molar-refractivity contribution in [3.05, 3.63) is 46.7 Å². The molecule has 17 heavy (non-hydrogen) atoms. The molecule has 0 N–H and O–H groups in total. The summed E-state index contributed by atoms with van der Waals surface area (Å²) in [5, 5.41) is 1.08. The number of halogens is 1. The van der Waals surface area contributed by atoms with Gasteiger partial charge in [0.25, 0.3) is 0 Å². The van der Waals surface area contributed by atoms with E-state index in [1.165, 1.54) is 0 Å². The minimum absolute atomic E-state index is 0.0212. The van der Waals surface area contributed by atoms with Crippen LogP contribution in [-0.2, 0) is 0 Å². The molecule has 0 unspecified atom stereocenters. The third-order valence-electron chi connectivity index (χ3n) is 2.79. The van der Waals surface area contributed by atoms with E-state index in [-0.39, 0.29) is 5.78 Å². The maximum atomic E-state index is 11.6. The Morgan fingerprint density at radius 3 is 2.88 bits per heavy atom. The normalized spacial score (nSPS) is 11.2. The first-order valence-corrected chi connectivity index (χ1v) is 6.03. The highest BCUT2D eigenvalue weighted by Crippen LogP contribution is 2.22. The van der Waals surface area contributed by atoms with Crippen molar-refractivity contribution in [1.29, 1.82) is 0 Å². The smallest absolute Gasteiger partial charge is 0.178 e. The Labute approximate surface area is 106 Å². The third kappa shape index (κ3) is 1.56. The maximum absolute atomic E-state index is 11.6. The summed E-state index contributed by atoms with van der Waals surface area (Å²) < 4.78 is 2.92. The molecule has 1 aromatic carbocycles. The van der Waals surface area contributed by atoms with Crippen LogP contribution in [0.5, 0.6) is 0 Å². The molecule has 3 aromatic rings. The Morgan fingerprint density at radius 2 is 2.12 bits per heavy atom. The van der Waals surface area contributed by atoms with E-state index in [1.54, 1.807) is 13.1 Å². The van der Waals surface area contributed by atoms with Crippen LogP contribution < -0.4 is 0 Å². The van der Waals surface area contributed by atoms with Gasteiger partial charge in [0.15, 0.2) is 5.78 Å². The van der Waals surface area contributed by atoms with Crippen molar-refractivity contribution in [3.8, 4) is 0 Å². The Morgan fingerprint density at radius 1 is 1.29 bits per heavy atom. The second kappa shape index (κ2) is 3.67. The van der Waals surface area contributed by atoms with Gasteiger partial charge in [0.05, 0.1) is 11.7 Å². The topological polar surface area (TPSA) is 34.4 Å². The fourth-order valence-corrected chi connectivity index (χ4v) is 2.39. The lowest BCUT2D eigenvalue weighted by molar-refractivity contribution is 0.101. The summed E-state index contributed by atoms with van der Waals surface area (Å²) in [4.78, 5) is 15.8. The van der Waals surface area contributed by atoms with E-state index in [0.29, 0.717) is 5.69 Å². The van der Waals surface area contributed by atoms with Crippen LogP contribution in [0, 0.1) is 0 Å². The zero-order valence-electron chi connectivity index (χ0n) is 9.14. The summed E-state index contributed by atoms with van der Waals surface area (Å²) in [7, 11) is 0. The van der Waals surface area contributed by atoms with Gasteiger partial charge in [-0.1, -0.05) is 15.9 Å². The molecule has 0 spiro atoms. The van der Waals surface area contributed by atoms with Crippen LogP contribution in [0.15, 0.2) is 41.0 Å². The molecule has 0 aliphatic heterocycles. The van der Waals surface area contributed by atoms with Crippen LogP contribution in [0.1, 0.15) is 17.4 Å². The molecule has 0 bridgehead atoms. The quantitative estimate of drug-likeness (QED) is 0.643. The average Bonchev–Trinajstić information content (AvgIpc) is 2.72. The maximum Gasteiger partial charge on any atom is 0.178 e. The summed E-state index contributed by atoms with van der Waals surface area (Å²) in [6.07, 6.45) is 1.62. The fraction of sp³-hybridized carbons (Fsp3) is 0.0769. The fourth-order valence-electron chi connectivity index (χ4n) is 2.01. The van der Waals surface area contributed by atoms with E-state index in [4.69, 9.17) is 0 Å². The Balaban J connectivity index is 2.52. The van der Waals surface area contributed by atoms with Gasteiger partial charge < -0.3 is 0 Å². The summed E-state index contributed by atoms with van der Waals surface area (Å²) in [6.45, 7) is 1.56. The summed E-state index contributed by atoms with van der Waals surface area (Å²) in [5.74, 6) is 0.0212. The van der Waals surface area contributed by atoms with Gasteiger partial charge in [-0.2, -0.15) is 0 Å². The first-order valence-electron chi connectivity index (χ1n) is 5.23. The highest BCUT2D eigenvalue weighted by Gasteiger charge is 2.10. The molecule has 0 saturated carbocycles. The predicted octanol–water partition coefficient (Wildman–Crippen LogP) is 3.45. The minimum atomic E-state index is 0.0212. The van der Waals surface area contributed by atoms with Gasteiger partial charge >= 0.3 is 0 Å². The van der Waals surface area contributed by atoms with Crippen molar-refractivity contribution < 1.29 is 4.79 Å². The zero-order valence-corrected chi connectivity index (χ0v) is 10.7. The number of hydrogen-bond acceptors (Lipinski definition) is 2. The Kier molecular flexibility index (Phi) is 2.26. The molecule has 0 amide bonds. The molecule has 3 nitrogen and oxygen atoms in total. The molecule has 3 rings (SSSR count). The molecule has 0 aliphatic rings. The number of carbonyl (C=O) groups excluding carboxylic acids is 1. The van der Waals surface area contributed by atoms with Crippen LogP contribution in [0.3, 0.4) is 0 Å². The van der Waals surface area contributed by atoms with Crippen molar-refractivity contribution >= 4 is 38.3 Å². The van der Waals surface area contributed by atoms with E-state index in [1.807, 2.05) is 34.7 Å². The van der Waals surface area contributed by atoms with Gasteiger partial charge in [-0.25, -0.2) is 4.98 Å². The number of pyridine rings is 1. The predicted molar refractivity (Wildman–Crippen MR) is 70.4 cm³/mol.